The highest BCUT2D eigenvalue weighted by molar-refractivity contribution is 6.05. The first-order valence-electron chi connectivity index (χ1n) is 8.92. The second-order valence-electron chi connectivity index (χ2n) is 6.84. The van der Waals surface area contributed by atoms with E-state index in [1.165, 1.54) is 12.1 Å². The molecule has 0 spiro atoms. The lowest BCUT2D eigenvalue weighted by atomic mass is 9.89. The van der Waals surface area contributed by atoms with E-state index in [0.717, 1.165) is 16.7 Å². The Morgan fingerprint density at radius 3 is 2.22 bits per heavy atom. The summed E-state index contributed by atoms with van der Waals surface area (Å²) in [6.45, 7) is 3.98. The molecule has 0 radical (unpaired) electrons. The van der Waals surface area contributed by atoms with Crippen molar-refractivity contribution in [2.75, 3.05) is 4.90 Å². The summed E-state index contributed by atoms with van der Waals surface area (Å²) in [6.07, 6.45) is -0.612. The fourth-order valence-corrected chi connectivity index (χ4v) is 3.38. The number of para-hydroxylation sites is 1. The van der Waals surface area contributed by atoms with Crippen molar-refractivity contribution in [1.29, 1.82) is 0 Å². The zero-order valence-electron chi connectivity index (χ0n) is 15.2. The topological polar surface area (TPSA) is 29.5 Å². The van der Waals surface area contributed by atoms with Gasteiger partial charge in [-0.15, -0.1) is 0 Å². The number of hydrogen-bond donors (Lipinski definition) is 0. The number of hydrogen-bond acceptors (Lipinski definition) is 2. The molecule has 0 aliphatic carbocycles. The Balaban J connectivity index is 1.70. The highest BCUT2D eigenvalue weighted by Crippen LogP contribution is 2.41. The first-order chi connectivity index (χ1) is 13.0. The number of rotatable bonds is 4. The first kappa shape index (κ1) is 17.3. The standard InChI is InChI=1S/C23H20FNO2/c1-15-7-9-17(10-8-15)21-22(27-20-6-4-3-5-16(20)2)23(26)25(21)19-13-11-18(24)12-14-19/h3-14,21-22H,1-2H3/t21-,22-/m0/s1. The van der Waals surface area contributed by atoms with Crippen LogP contribution in [0.3, 0.4) is 0 Å². The van der Waals surface area contributed by atoms with Gasteiger partial charge in [0.15, 0.2) is 0 Å². The van der Waals surface area contributed by atoms with Crippen molar-refractivity contribution in [2.24, 2.45) is 0 Å². The van der Waals surface area contributed by atoms with E-state index in [9.17, 15) is 9.18 Å². The van der Waals surface area contributed by atoms with Crippen LogP contribution in [0.25, 0.3) is 0 Å². The first-order valence-corrected chi connectivity index (χ1v) is 8.92. The predicted molar refractivity (Wildman–Crippen MR) is 103 cm³/mol. The van der Waals surface area contributed by atoms with Crippen molar-refractivity contribution in [3.8, 4) is 5.75 Å². The van der Waals surface area contributed by atoms with Crippen LogP contribution < -0.4 is 9.64 Å². The normalized spacial score (nSPS) is 18.9. The van der Waals surface area contributed by atoms with E-state index in [1.54, 1.807) is 17.0 Å². The van der Waals surface area contributed by atoms with E-state index in [0.29, 0.717) is 11.4 Å². The Morgan fingerprint density at radius 1 is 0.889 bits per heavy atom. The summed E-state index contributed by atoms with van der Waals surface area (Å²) < 4.78 is 19.4. The van der Waals surface area contributed by atoms with Crippen molar-refractivity contribution >= 4 is 11.6 Å². The summed E-state index contributed by atoms with van der Waals surface area (Å²) in [4.78, 5) is 14.6. The van der Waals surface area contributed by atoms with Gasteiger partial charge >= 0.3 is 0 Å². The molecule has 3 aromatic rings. The molecule has 1 aliphatic heterocycles. The molecule has 3 aromatic carbocycles. The Labute approximate surface area is 158 Å². The molecule has 4 rings (SSSR count). The van der Waals surface area contributed by atoms with E-state index < -0.39 is 6.10 Å². The van der Waals surface area contributed by atoms with Crippen LogP contribution in [0.5, 0.6) is 5.75 Å². The summed E-state index contributed by atoms with van der Waals surface area (Å²) in [5.74, 6) is 0.244. The molecule has 0 unspecified atom stereocenters. The highest BCUT2D eigenvalue weighted by Gasteiger charge is 2.51. The molecule has 1 saturated heterocycles. The maximum Gasteiger partial charge on any atom is 0.271 e. The van der Waals surface area contributed by atoms with E-state index in [-0.39, 0.29) is 17.8 Å². The highest BCUT2D eigenvalue weighted by atomic mass is 19.1. The number of carbonyl (C=O) groups excluding carboxylic acids is 1. The van der Waals surface area contributed by atoms with E-state index >= 15 is 0 Å². The van der Waals surface area contributed by atoms with E-state index in [1.807, 2.05) is 62.4 Å². The summed E-state index contributed by atoms with van der Waals surface area (Å²) in [7, 11) is 0. The monoisotopic (exact) mass is 361 g/mol. The lowest BCUT2D eigenvalue weighted by Crippen LogP contribution is -2.61. The number of benzene rings is 3. The van der Waals surface area contributed by atoms with Gasteiger partial charge in [-0.2, -0.15) is 0 Å². The van der Waals surface area contributed by atoms with Crippen LogP contribution in [0.4, 0.5) is 10.1 Å². The third kappa shape index (κ3) is 3.19. The van der Waals surface area contributed by atoms with Gasteiger partial charge in [0.05, 0.1) is 0 Å². The lowest BCUT2D eigenvalue weighted by Gasteiger charge is -2.46. The molecule has 3 nitrogen and oxygen atoms in total. The van der Waals surface area contributed by atoms with E-state index in [4.69, 9.17) is 4.74 Å². The van der Waals surface area contributed by atoms with Crippen molar-refractivity contribution in [3.05, 3.63) is 95.3 Å². The minimum absolute atomic E-state index is 0.129. The number of aryl methyl sites for hydroxylation is 2. The molecular weight excluding hydrogens is 341 g/mol. The smallest absolute Gasteiger partial charge is 0.271 e. The van der Waals surface area contributed by atoms with Gasteiger partial charge in [0.1, 0.15) is 17.6 Å². The maximum absolute atomic E-state index is 13.3. The largest absolute Gasteiger partial charge is 0.478 e. The lowest BCUT2D eigenvalue weighted by molar-refractivity contribution is -0.135. The minimum atomic E-state index is -0.612. The Morgan fingerprint density at radius 2 is 1.56 bits per heavy atom. The number of amides is 1. The predicted octanol–water partition coefficient (Wildman–Crippen LogP) is 4.98. The molecule has 1 amide bonds. The van der Waals surface area contributed by atoms with Crippen LogP contribution in [-0.2, 0) is 4.79 Å². The number of β-lactam (4-membered cyclic amide) rings is 1. The molecule has 27 heavy (non-hydrogen) atoms. The fraction of sp³-hybridized carbons (Fsp3) is 0.174. The average molecular weight is 361 g/mol. The Hall–Kier alpha value is -3.14. The van der Waals surface area contributed by atoms with Crippen molar-refractivity contribution in [1.82, 2.24) is 0 Å². The van der Waals surface area contributed by atoms with Gasteiger partial charge in [-0.25, -0.2) is 4.39 Å². The van der Waals surface area contributed by atoms with Crippen LogP contribution in [0.2, 0.25) is 0 Å². The Kier molecular flexibility index (Phi) is 4.40. The summed E-state index contributed by atoms with van der Waals surface area (Å²) in [5, 5.41) is 0. The summed E-state index contributed by atoms with van der Waals surface area (Å²) in [6, 6.07) is 21.4. The van der Waals surface area contributed by atoms with Gasteiger partial charge in [0.25, 0.3) is 5.91 Å². The van der Waals surface area contributed by atoms with Gasteiger partial charge in [-0.3, -0.25) is 9.69 Å². The molecule has 0 N–H and O–H groups in total. The van der Waals surface area contributed by atoms with Crippen molar-refractivity contribution in [3.63, 3.8) is 0 Å². The van der Waals surface area contributed by atoms with Crippen LogP contribution in [-0.4, -0.2) is 12.0 Å². The quantitative estimate of drug-likeness (QED) is 0.614. The summed E-state index contributed by atoms with van der Waals surface area (Å²) in [5.41, 5.74) is 3.78. The maximum atomic E-state index is 13.3. The fourth-order valence-electron chi connectivity index (χ4n) is 3.38. The molecule has 136 valence electrons. The number of ether oxygens (including phenoxy) is 1. The van der Waals surface area contributed by atoms with Crippen molar-refractivity contribution < 1.29 is 13.9 Å². The van der Waals surface area contributed by atoms with Crippen LogP contribution in [0, 0.1) is 19.7 Å². The van der Waals surface area contributed by atoms with Crippen LogP contribution in [0.15, 0.2) is 72.8 Å². The molecular formula is C23H20FNO2. The van der Waals surface area contributed by atoms with E-state index in [2.05, 4.69) is 0 Å². The van der Waals surface area contributed by atoms with Gasteiger partial charge < -0.3 is 4.74 Å². The molecule has 0 saturated carbocycles. The number of carbonyl (C=O) groups is 1. The van der Waals surface area contributed by atoms with Gasteiger partial charge in [0.2, 0.25) is 6.10 Å². The molecule has 0 bridgehead atoms. The van der Waals surface area contributed by atoms with Crippen LogP contribution >= 0.6 is 0 Å². The van der Waals surface area contributed by atoms with Crippen molar-refractivity contribution in [2.45, 2.75) is 26.0 Å². The minimum Gasteiger partial charge on any atom is -0.478 e. The molecule has 0 aromatic heterocycles. The molecule has 1 fully saturated rings. The molecule has 4 heteroatoms. The number of halogens is 1. The number of nitrogens with zero attached hydrogens (tertiary/aromatic N) is 1. The summed E-state index contributed by atoms with van der Waals surface area (Å²) >= 11 is 0. The zero-order valence-corrected chi connectivity index (χ0v) is 15.2. The SMILES string of the molecule is Cc1ccc([C@H]2[C@H](Oc3ccccc3C)C(=O)N2c2ccc(F)cc2)cc1. The molecule has 1 aliphatic rings. The second kappa shape index (κ2) is 6.88. The third-order valence-electron chi connectivity index (χ3n) is 4.92. The third-order valence-corrected chi connectivity index (χ3v) is 4.92. The average Bonchev–Trinajstić information content (AvgIpc) is 2.67. The Bertz CT molecular complexity index is 966. The van der Waals surface area contributed by atoms with Crippen LogP contribution in [0.1, 0.15) is 22.7 Å². The van der Waals surface area contributed by atoms with Gasteiger partial charge in [0, 0.05) is 5.69 Å². The van der Waals surface area contributed by atoms with Gasteiger partial charge in [-0.1, -0.05) is 48.0 Å². The molecule has 1 heterocycles. The number of anilines is 1. The zero-order chi connectivity index (χ0) is 19.0. The molecule has 2 atom stereocenters. The second-order valence-corrected chi connectivity index (χ2v) is 6.84. The van der Waals surface area contributed by atoms with Gasteiger partial charge in [-0.05, 0) is 55.3 Å².